The van der Waals surface area contributed by atoms with Gasteiger partial charge in [0.15, 0.2) is 5.82 Å². The van der Waals surface area contributed by atoms with Crippen molar-refractivity contribution in [2.75, 3.05) is 0 Å². The average molecular weight is 295 g/mol. The van der Waals surface area contributed by atoms with Gasteiger partial charge in [-0.2, -0.15) is 4.98 Å². The van der Waals surface area contributed by atoms with Crippen LogP contribution in [-0.4, -0.2) is 27.1 Å². The highest BCUT2D eigenvalue weighted by Crippen LogP contribution is 2.31. The lowest BCUT2D eigenvalue weighted by Gasteiger charge is -2.11. The predicted molar refractivity (Wildman–Crippen MR) is 73.3 cm³/mol. The smallest absolute Gasteiger partial charge is 0.306 e. The summed E-state index contributed by atoms with van der Waals surface area (Å²) in [7, 11) is 0. The second kappa shape index (κ2) is 5.83. The molecule has 0 aromatic carbocycles. The van der Waals surface area contributed by atoms with E-state index in [1.807, 2.05) is 20.8 Å². The SMILES string of the molecule is CC(C)(C)c1noc(CNC(=O)[C@@H]2CC[C@H](C(=O)O)C2)n1. The van der Waals surface area contributed by atoms with Crippen LogP contribution >= 0.6 is 0 Å². The molecule has 21 heavy (non-hydrogen) atoms. The minimum atomic E-state index is -0.822. The molecule has 7 nitrogen and oxygen atoms in total. The zero-order chi connectivity index (χ0) is 15.6. The zero-order valence-electron chi connectivity index (χ0n) is 12.5. The van der Waals surface area contributed by atoms with Crippen LogP contribution in [0.2, 0.25) is 0 Å². The highest BCUT2D eigenvalue weighted by atomic mass is 16.5. The molecule has 0 unspecified atom stereocenters. The molecule has 1 amide bonds. The minimum absolute atomic E-state index is 0.144. The van der Waals surface area contributed by atoms with Gasteiger partial charge in [-0.25, -0.2) is 0 Å². The lowest BCUT2D eigenvalue weighted by Crippen LogP contribution is -2.29. The van der Waals surface area contributed by atoms with Gasteiger partial charge in [0.1, 0.15) is 0 Å². The summed E-state index contributed by atoms with van der Waals surface area (Å²) in [6.07, 6.45) is 1.57. The van der Waals surface area contributed by atoms with Crippen molar-refractivity contribution < 1.29 is 19.2 Å². The Morgan fingerprint density at radius 3 is 2.52 bits per heavy atom. The number of carbonyl (C=O) groups excluding carboxylic acids is 1. The highest BCUT2D eigenvalue weighted by Gasteiger charge is 2.33. The molecule has 1 aliphatic rings. The van der Waals surface area contributed by atoms with E-state index in [1.165, 1.54) is 0 Å². The van der Waals surface area contributed by atoms with Crippen molar-refractivity contribution in [3.05, 3.63) is 11.7 Å². The van der Waals surface area contributed by atoms with Gasteiger partial charge in [0.2, 0.25) is 11.8 Å². The number of carboxylic acid groups (broad SMARTS) is 1. The maximum Gasteiger partial charge on any atom is 0.306 e. The fraction of sp³-hybridized carbons (Fsp3) is 0.714. The van der Waals surface area contributed by atoms with Gasteiger partial charge in [0, 0.05) is 11.3 Å². The topological polar surface area (TPSA) is 105 Å². The molecule has 1 aromatic rings. The molecule has 0 bridgehead atoms. The van der Waals surface area contributed by atoms with Crippen LogP contribution in [0.25, 0.3) is 0 Å². The summed E-state index contributed by atoms with van der Waals surface area (Å²) in [6.45, 7) is 6.11. The van der Waals surface area contributed by atoms with Crippen LogP contribution in [0.15, 0.2) is 4.52 Å². The van der Waals surface area contributed by atoms with E-state index in [0.29, 0.717) is 31.0 Å². The second-order valence-electron chi connectivity index (χ2n) is 6.52. The minimum Gasteiger partial charge on any atom is -0.481 e. The molecule has 0 radical (unpaired) electrons. The molecule has 1 fully saturated rings. The number of amides is 1. The Kier molecular flexibility index (Phi) is 4.29. The molecule has 116 valence electrons. The molecule has 1 heterocycles. The summed E-state index contributed by atoms with van der Waals surface area (Å²) in [5.41, 5.74) is -0.202. The van der Waals surface area contributed by atoms with E-state index in [4.69, 9.17) is 9.63 Å². The number of rotatable bonds is 4. The van der Waals surface area contributed by atoms with Crippen molar-refractivity contribution in [1.29, 1.82) is 0 Å². The monoisotopic (exact) mass is 295 g/mol. The Balaban J connectivity index is 1.85. The molecule has 0 aliphatic heterocycles. The molecular weight excluding hydrogens is 274 g/mol. The molecule has 0 spiro atoms. The lowest BCUT2D eigenvalue weighted by atomic mass is 9.96. The van der Waals surface area contributed by atoms with Crippen molar-refractivity contribution in [2.24, 2.45) is 11.8 Å². The summed E-state index contributed by atoms with van der Waals surface area (Å²) in [5.74, 6) is -0.654. The number of aromatic nitrogens is 2. The maximum absolute atomic E-state index is 12.0. The molecule has 2 N–H and O–H groups in total. The first-order chi connectivity index (χ1) is 9.77. The molecule has 7 heteroatoms. The molecule has 1 aromatic heterocycles. The van der Waals surface area contributed by atoms with Crippen molar-refractivity contribution in [3.63, 3.8) is 0 Å². The number of nitrogens with zero attached hydrogens (tertiary/aromatic N) is 2. The van der Waals surface area contributed by atoms with Gasteiger partial charge in [-0.3, -0.25) is 9.59 Å². The fourth-order valence-corrected chi connectivity index (χ4v) is 2.38. The summed E-state index contributed by atoms with van der Waals surface area (Å²) < 4.78 is 5.09. The van der Waals surface area contributed by atoms with E-state index >= 15 is 0 Å². The van der Waals surface area contributed by atoms with Crippen LogP contribution in [0.4, 0.5) is 0 Å². The number of hydrogen-bond acceptors (Lipinski definition) is 5. The van der Waals surface area contributed by atoms with Crippen LogP contribution in [0.3, 0.4) is 0 Å². The number of hydrogen-bond donors (Lipinski definition) is 2. The molecular formula is C14H21N3O4. The lowest BCUT2D eigenvalue weighted by molar-refractivity contribution is -0.141. The Bertz CT molecular complexity index is 533. The van der Waals surface area contributed by atoms with Crippen LogP contribution < -0.4 is 5.32 Å². The summed E-state index contributed by atoms with van der Waals surface area (Å²) in [6, 6.07) is 0. The number of nitrogens with one attached hydrogen (secondary N) is 1. The van der Waals surface area contributed by atoms with Gasteiger partial charge >= 0.3 is 5.97 Å². The van der Waals surface area contributed by atoms with Crippen molar-refractivity contribution in [2.45, 2.75) is 52.0 Å². The zero-order valence-corrected chi connectivity index (χ0v) is 12.5. The van der Waals surface area contributed by atoms with E-state index in [0.717, 1.165) is 0 Å². The summed E-state index contributed by atoms with van der Waals surface area (Å²) in [5, 5.41) is 15.6. The van der Waals surface area contributed by atoms with Gasteiger partial charge in [0.05, 0.1) is 12.5 Å². The predicted octanol–water partition coefficient (Wildman–Crippen LogP) is 1.48. The summed E-state index contributed by atoms with van der Waals surface area (Å²) in [4.78, 5) is 27.1. The second-order valence-corrected chi connectivity index (χ2v) is 6.52. The van der Waals surface area contributed by atoms with Crippen molar-refractivity contribution in [3.8, 4) is 0 Å². The average Bonchev–Trinajstić information content (AvgIpc) is 3.04. The Labute approximate surface area is 123 Å². The van der Waals surface area contributed by atoms with E-state index in [-0.39, 0.29) is 23.8 Å². The highest BCUT2D eigenvalue weighted by molar-refractivity contribution is 5.80. The maximum atomic E-state index is 12.0. The summed E-state index contributed by atoms with van der Waals surface area (Å²) >= 11 is 0. The van der Waals surface area contributed by atoms with Gasteiger partial charge in [0.25, 0.3) is 0 Å². The van der Waals surface area contributed by atoms with Crippen LogP contribution in [0.5, 0.6) is 0 Å². The van der Waals surface area contributed by atoms with Gasteiger partial charge in [-0.15, -0.1) is 0 Å². The number of carbonyl (C=O) groups is 2. The normalized spacial score (nSPS) is 22.2. The van der Waals surface area contributed by atoms with Gasteiger partial charge in [-0.1, -0.05) is 25.9 Å². The van der Waals surface area contributed by atoms with E-state index in [1.54, 1.807) is 0 Å². The first-order valence-corrected chi connectivity index (χ1v) is 7.11. The Morgan fingerprint density at radius 1 is 1.33 bits per heavy atom. The standard InChI is InChI=1S/C14H21N3O4/c1-14(2,3)13-16-10(21-17-13)7-15-11(18)8-4-5-9(6-8)12(19)20/h8-9H,4-7H2,1-3H3,(H,15,18)(H,19,20)/t8-,9+/m1/s1. The first kappa shape index (κ1) is 15.5. The Hall–Kier alpha value is -1.92. The van der Waals surface area contributed by atoms with E-state index in [2.05, 4.69) is 15.5 Å². The molecule has 0 saturated heterocycles. The third-order valence-electron chi connectivity index (χ3n) is 3.71. The number of aliphatic carboxylic acids is 1. The molecule has 1 saturated carbocycles. The molecule has 1 aliphatic carbocycles. The van der Waals surface area contributed by atoms with E-state index in [9.17, 15) is 9.59 Å². The van der Waals surface area contributed by atoms with Crippen molar-refractivity contribution in [1.82, 2.24) is 15.5 Å². The fourth-order valence-electron chi connectivity index (χ4n) is 2.38. The third kappa shape index (κ3) is 3.80. The van der Waals surface area contributed by atoms with Crippen molar-refractivity contribution >= 4 is 11.9 Å². The number of carboxylic acids is 1. The Morgan fingerprint density at radius 2 is 2.00 bits per heavy atom. The molecule has 2 atom stereocenters. The largest absolute Gasteiger partial charge is 0.481 e. The molecule has 2 rings (SSSR count). The first-order valence-electron chi connectivity index (χ1n) is 7.11. The third-order valence-corrected chi connectivity index (χ3v) is 3.71. The van der Waals surface area contributed by atoms with Crippen LogP contribution in [0, 0.1) is 11.8 Å². The van der Waals surface area contributed by atoms with E-state index < -0.39 is 11.9 Å². The van der Waals surface area contributed by atoms with Gasteiger partial charge in [-0.05, 0) is 19.3 Å². The van der Waals surface area contributed by atoms with Crippen LogP contribution in [-0.2, 0) is 21.5 Å². The van der Waals surface area contributed by atoms with Crippen LogP contribution in [0.1, 0.15) is 51.7 Å². The quantitative estimate of drug-likeness (QED) is 0.871. The van der Waals surface area contributed by atoms with Gasteiger partial charge < -0.3 is 14.9 Å².